The van der Waals surface area contributed by atoms with Crippen molar-refractivity contribution in [2.45, 2.75) is 90.0 Å². The van der Waals surface area contributed by atoms with Crippen molar-refractivity contribution in [1.82, 2.24) is 34.7 Å². The molecule has 1 saturated heterocycles. The van der Waals surface area contributed by atoms with Gasteiger partial charge in [0.1, 0.15) is 47.4 Å². The lowest BCUT2D eigenvalue weighted by molar-refractivity contribution is -0.121. The van der Waals surface area contributed by atoms with Crippen LogP contribution in [0.5, 0.6) is 11.5 Å². The Morgan fingerprint density at radius 3 is 2.37 bits per heavy atom. The molecule has 0 aliphatic carbocycles. The average Bonchev–Trinajstić information content (AvgIpc) is 3.85. The number of imidazole rings is 1. The molecule has 4 aliphatic rings. The predicted molar refractivity (Wildman–Crippen MR) is 269 cm³/mol. The highest BCUT2D eigenvalue weighted by atomic mass is 32.2. The molecule has 29 nitrogen and oxygen atoms in total. The summed E-state index contributed by atoms with van der Waals surface area (Å²) in [6.45, 7) is 11.9. The van der Waals surface area contributed by atoms with E-state index in [1.54, 1.807) is 18.2 Å². The third-order valence-electron chi connectivity index (χ3n) is 12.6. The standard InChI is InChI=1S/C43H55N10O19P3S/c1-7-52-29-15-31-27(13-25(29)23(2)17-42(52,3)4)50-28-14-26-24(20-76(64,65)66)18-43(5,6)53(30(26)16-32(28)68-31)12-8-9-34(54)45-10-11-46-41(56)70-37-36(55)33(19-67-74(60,61)72-75(62,63)71-73(57,58)59)69-40(37)51-22-49-35-38(44)47-21-48-39(35)51/h13-18,21-22,33,36-37,40,55H,7-12,19-20H2,1-6H3,(H8-,44,45,46,47,48,54,56,57,58,59,60,61,62,63,64,65,66)/p+1/t33-,36-,37-,40-/m1/s1. The zero-order valence-electron chi connectivity index (χ0n) is 41.5. The minimum absolute atomic E-state index is 0.0173. The van der Waals surface area contributed by atoms with Crippen LogP contribution in [0, 0.1) is 0 Å². The van der Waals surface area contributed by atoms with Gasteiger partial charge in [-0.2, -0.15) is 17.0 Å². The number of allylic oxidation sites excluding steroid dienone is 1. The predicted octanol–water partition coefficient (Wildman–Crippen LogP) is 2.33. The number of alkyl carbamates (subject to hydrolysis) is 1. The molecule has 10 N–H and O–H groups in total. The lowest BCUT2D eigenvalue weighted by atomic mass is 9.88. The van der Waals surface area contributed by atoms with Crippen LogP contribution in [0.3, 0.4) is 0 Å². The number of ether oxygens (including phenoxy) is 3. The molecule has 8 rings (SSSR count). The number of benzene rings is 2. The van der Waals surface area contributed by atoms with E-state index in [4.69, 9.17) is 34.7 Å². The van der Waals surface area contributed by atoms with E-state index in [-0.39, 0.29) is 47.9 Å². The van der Waals surface area contributed by atoms with E-state index >= 15 is 0 Å². The summed E-state index contributed by atoms with van der Waals surface area (Å²) >= 11 is 0. The number of carbonyl (C=O) groups is 2. The number of likely N-dealkylation sites (N-methyl/N-ethyl adjacent to an activating group) is 1. The number of hydrogen-bond acceptors (Lipinski definition) is 20. The highest BCUT2D eigenvalue weighted by Crippen LogP contribution is 2.66. The number of amides is 2. The summed E-state index contributed by atoms with van der Waals surface area (Å²) < 4.78 is 103. The molecule has 2 aromatic heterocycles. The number of hydrogen-bond donors (Lipinski definition) is 9. The minimum atomic E-state index is -5.88. The molecule has 4 aromatic rings. The molecule has 76 heavy (non-hydrogen) atoms. The van der Waals surface area contributed by atoms with Gasteiger partial charge in [0.2, 0.25) is 11.3 Å². The van der Waals surface area contributed by atoms with Crippen molar-refractivity contribution >= 4 is 85.1 Å². The van der Waals surface area contributed by atoms with Gasteiger partial charge in [-0.05, 0) is 57.0 Å². The maximum atomic E-state index is 13.2. The number of fused-ring (bicyclic) bond motifs is 5. The fourth-order valence-corrected chi connectivity index (χ4v) is 13.3. The van der Waals surface area contributed by atoms with Crippen molar-refractivity contribution < 1.29 is 88.3 Å². The molecule has 0 radical (unpaired) electrons. The number of rotatable bonds is 19. The summed E-state index contributed by atoms with van der Waals surface area (Å²) in [5.74, 6) is -0.111. The van der Waals surface area contributed by atoms with Crippen molar-refractivity contribution in [3.05, 3.63) is 70.9 Å². The SMILES string of the molecule is CCN1c2cc3c(cc2C(C)=CC1(C)C)N=c1cc2c(cc1O3)=[N+](CCCC(=O)NCCNC(=O)O[C@@H]1[C@H](O)[C@@H](COP(=O)(O)OP(=O)(O)OP(=O)(O)O)O[C@H]1n1cnc3c(N)ncnc31)C(C)(C)C=C2CS(=O)(=O)O. The number of phosphoric acid groups is 3. The number of anilines is 2. The molecule has 0 saturated carbocycles. The third kappa shape index (κ3) is 12.6. The number of nitrogens with zero attached hydrogens (tertiary/aromatic N) is 7. The molecule has 0 spiro atoms. The normalized spacial score (nSPS) is 22.1. The smallest absolute Gasteiger partial charge is 0.452 e. The van der Waals surface area contributed by atoms with E-state index in [0.717, 1.165) is 36.0 Å². The van der Waals surface area contributed by atoms with Crippen molar-refractivity contribution in [3.8, 4) is 11.5 Å². The Balaban J connectivity index is 0.918. The Morgan fingerprint density at radius 1 is 0.947 bits per heavy atom. The van der Waals surface area contributed by atoms with Crippen LogP contribution in [0.15, 0.2) is 54.1 Å². The van der Waals surface area contributed by atoms with Gasteiger partial charge >= 0.3 is 29.6 Å². The highest BCUT2D eigenvalue weighted by Gasteiger charge is 2.50. The molecule has 6 atom stereocenters. The first-order valence-corrected chi connectivity index (χ1v) is 29.4. The number of aromatic nitrogens is 4. The minimum Gasteiger partial charge on any atom is -0.452 e. The summed E-state index contributed by atoms with van der Waals surface area (Å²) in [4.78, 5) is 82.8. The number of nitrogens with one attached hydrogen (secondary N) is 2. The summed E-state index contributed by atoms with van der Waals surface area (Å²) in [6, 6.07) is 7.50. The number of carbonyl (C=O) groups excluding carboxylic acids is 2. The molecule has 4 aliphatic heterocycles. The molecule has 1 fully saturated rings. The van der Waals surface area contributed by atoms with E-state index in [9.17, 15) is 51.1 Å². The average molecular weight is 1140 g/mol. The molecule has 2 unspecified atom stereocenters. The number of aliphatic hydroxyl groups excluding tert-OH is 1. The summed E-state index contributed by atoms with van der Waals surface area (Å²) in [7, 11) is -21.7. The maximum Gasteiger partial charge on any atom is 0.490 e. The second-order valence-corrected chi connectivity index (χ2v) is 25.0. The van der Waals surface area contributed by atoms with Gasteiger partial charge in [0.25, 0.3) is 10.1 Å². The van der Waals surface area contributed by atoms with Crippen molar-refractivity contribution in [2.75, 3.05) is 49.2 Å². The van der Waals surface area contributed by atoms with Crippen LogP contribution in [0.4, 0.5) is 22.0 Å². The van der Waals surface area contributed by atoms with Crippen molar-refractivity contribution in [2.24, 2.45) is 4.99 Å². The molecule has 33 heteroatoms. The number of aliphatic hydroxyl groups is 1. The summed E-state index contributed by atoms with van der Waals surface area (Å²) in [5.41, 5.74) is 9.57. The van der Waals surface area contributed by atoms with Gasteiger partial charge in [-0.25, -0.2) is 43.0 Å². The Morgan fingerprint density at radius 2 is 1.67 bits per heavy atom. The Kier molecular flexibility index (Phi) is 15.7. The zero-order valence-corrected chi connectivity index (χ0v) is 45.0. The second kappa shape index (κ2) is 21.0. The fraction of sp³-hybridized carbons (Fsp3) is 0.465. The number of nitrogens with two attached hydrogens (primary N) is 1. The molecule has 6 heterocycles. The van der Waals surface area contributed by atoms with Gasteiger partial charge in [0.05, 0.1) is 30.1 Å². The van der Waals surface area contributed by atoms with Gasteiger partial charge in [0.15, 0.2) is 40.8 Å². The number of nitrogen functional groups attached to an aromatic ring is 1. The van der Waals surface area contributed by atoms with E-state index < -0.39 is 82.1 Å². The molecule has 0 bridgehead atoms. The van der Waals surface area contributed by atoms with E-state index in [0.29, 0.717) is 52.0 Å². The third-order valence-corrected chi connectivity index (χ3v) is 17.1. The quantitative estimate of drug-likeness (QED) is 0.0248. The van der Waals surface area contributed by atoms with E-state index in [1.165, 1.54) is 4.57 Å². The monoisotopic (exact) mass is 1140 g/mol. The largest absolute Gasteiger partial charge is 0.490 e. The van der Waals surface area contributed by atoms with E-state index in [2.05, 4.69) is 77.4 Å². The van der Waals surface area contributed by atoms with Crippen molar-refractivity contribution in [3.63, 3.8) is 0 Å². The van der Waals surface area contributed by atoms with Crippen LogP contribution in [0.25, 0.3) is 22.3 Å². The zero-order chi connectivity index (χ0) is 55.5. The Labute approximate surface area is 433 Å². The Bertz CT molecular complexity index is 3480. The highest BCUT2D eigenvalue weighted by molar-refractivity contribution is 7.86. The maximum absolute atomic E-state index is 13.2. The summed E-state index contributed by atoms with van der Waals surface area (Å²) in [5, 5.41) is 17.5. The molecule has 2 amide bonds. The van der Waals surface area contributed by atoms with Crippen LogP contribution < -0.4 is 41.3 Å². The fourth-order valence-electron chi connectivity index (χ4n) is 9.66. The van der Waals surface area contributed by atoms with Crippen molar-refractivity contribution in [1.29, 1.82) is 0 Å². The van der Waals surface area contributed by atoms with Gasteiger partial charge in [0, 0.05) is 63.6 Å². The molecule has 2 aromatic carbocycles. The van der Waals surface area contributed by atoms with Crippen LogP contribution in [-0.2, 0) is 51.2 Å². The van der Waals surface area contributed by atoms with Crippen LogP contribution in [0.1, 0.15) is 71.7 Å². The van der Waals surface area contributed by atoms with Crippen LogP contribution >= 0.6 is 23.5 Å². The van der Waals surface area contributed by atoms with Gasteiger partial charge in [-0.1, -0.05) is 6.08 Å². The molecular formula is C43H56N10O19P3S+. The van der Waals surface area contributed by atoms with Crippen LogP contribution in [0.2, 0.25) is 0 Å². The lowest BCUT2D eigenvalue weighted by Gasteiger charge is -2.43. The number of phosphoric ester groups is 1. The van der Waals surface area contributed by atoms with E-state index in [1.807, 2.05) is 30.6 Å². The van der Waals surface area contributed by atoms with Gasteiger partial charge in [-0.3, -0.25) is 18.4 Å². The lowest BCUT2D eigenvalue weighted by Crippen LogP contribution is -2.50. The first-order chi connectivity index (χ1) is 35.3. The Hall–Kier alpha value is -5.55. The second-order valence-electron chi connectivity index (χ2n) is 19.1. The first kappa shape index (κ1) is 56.6. The summed E-state index contributed by atoms with van der Waals surface area (Å²) in [6.07, 6.45) is -1.28. The topological polar surface area (TPSA) is 409 Å². The van der Waals surface area contributed by atoms with Gasteiger partial charge < -0.3 is 60.2 Å². The molecule has 412 valence electrons. The molecular weight excluding hydrogens is 1090 g/mol. The first-order valence-electron chi connectivity index (χ1n) is 23.3. The van der Waals surface area contributed by atoms with Gasteiger partial charge in [-0.15, -0.1) is 0 Å². The van der Waals surface area contributed by atoms with Crippen LogP contribution in [-0.4, -0.2) is 137 Å².